The van der Waals surface area contributed by atoms with Crippen LogP contribution in [0.2, 0.25) is 0 Å². The van der Waals surface area contributed by atoms with Gasteiger partial charge < -0.3 is 15.2 Å². The molecular weight excluding hydrogens is 228 g/mol. The summed E-state index contributed by atoms with van der Waals surface area (Å²) >= 11 is 0. The van der Waals surface area contributed by atoms with Gasteiger partial charge in [0, 0.05) is 31.8 Å². The minimum absolute atomic E-state index is 0.0569. The molecular formula is C13H22N4O. The van der Waals surface area contributed by atoms with Gasteiger partial charge in [-0.1, -0.05) is 0 Å². The fourth-order valence-corrected chi connectivity index (χ4v) is 2.29. The van der Waals surface area contributed by atoms with Crippen molar-refractivity contribution in [1.29, 1.82) is 0 Å². The molecule has 18 heavy (non-hydrogen) atoms. The zero-order valence-corrected chi connectivity index (χ0v) is 10.8. The molecule has 0 aromatic carbocycles. The van der Waals surface area contributed by atoms with Crippen molar-refractivity contribution < 1.29 is 0 Å². The lowest BCUT2D eigenvalue weighted by Gasteiger charge is -2.18. The van der Waals surface area contributed by atoms with Gasteiger partial charge in [0.2, 0.25) is 0 Å². The van der Waals surface area contributed by atoms with Crippen LogP contribution in [0.1, 0.15) is 25.1 Å². The van der Waals surface area contributed by atoms with Gasteiger partial charge in [0.1, 0.15) is 5.82 Å². The molecule has 100 valence electrons. The number of H-pyrrole nitrogens is 1. The summed E-state index contributed by atoms with van der Waals surface area (Å²) in [5.41, 5.74) is -0.0569. The summed E-state index contributed by atoms with van der Waals surface area (Å²) in [5, 5.41) is 3.41. The largest absolute Gasteiger partial charge is 0.315 e. The molecule has 2 rings (SSSR count). The number of aromatic nitrogens is 2. The van der Waals surface area contributed by atoms with Crippen molar-refractivity contribution in [3.63, 3.8) is 0 Å². The zero-order chi connectivity index (χ0) is 12.6. The fourth-order valence-electron chi connectivity index (χ4n) is 2.29. The number of hydrogen-bond donors (Lipinski definition) is 2. The normalized spacial score (nSPS) is 17.6. The number of nitrogens with zero attached hydrogens (tertiary/aromatic N) is 2. The molecule has 1 aliphatic rings. The molecule has 2 heterocycles. The van der Waals surface area contributed by atoms with Crippen LogP contribution in [0.4, 0.5) is 0 Å². The summed E-state index contributed by atoms with van der Waals surface area (Å²) < 4.78 is 0. The maximum absolute atomic E-state index is 11.1. The quantitative estimate of drug-likeness (QED) is 0.742. The van der Waals surface area contributed by atoms with Crippen LogP contribution in [-0.4, -0.2) is 47.6 Å². The maximum Gasteiger partial charge on any atom is 0.250 e. The highest BCUT2D eigenvalue weighted by Gasteiger charge is 2.07. The molecule has 1 saturated heterocycles. The van der Waals surface area contributed by atoms with Gasteiger partial charge in [-0.3, -0.25) is 4.79 Å². The number of rotatable bonds is 5. The Balaban J connectivity index is 1.64. The lowest BCUT2D eigenvalue weighted by Crippen LogP contribution is -2.29. The van der Waals surface area contributed by atoms with Gasteiger partial charge in [0.05, 0.1) is 0 Å². The van der Waals surface area contributed by atoms with E-state index in [9.17, 15) is 4.79 Å². The molecule has 0 atom stereocenters. The van der Waals surface area contributed by atoms with Crippen molar-refractivity contribution >= 4 is 0 Å². The predicted octanol–water partition coefficient (Wildman–Crippen LogP) is 0.388. The van der Waals surface area contributed by atoms with Crippen LogP contribution in [-0.2, 0) is 6.42 Å². The molecule has 0 radical (unpaired) electrons. The van der Waals surface area contributed by atoms with E-state index in [0.29, 0.717) is 0 Å². The average Bonchev–Trinajstić information content (AvgIpc) is 2.63. The Morgan fingerprint density at radius 1 is 1.28 bits per heavy atom. The minimum Gasteiger partial charge on any atom is -0.315 e. The Morgan fingerprint density at radius 3 is 3.11 bits per heavy atom. The van der Waals surface area contributed by atoms with Crippen LogP contribution < -0.4 is 10.9 Å². The highest BCUT2D eigenvalue weighted by atomic mass is 16.1. The van der Waals surface area contributed by atoms with E-state index in [1.54, 1.807) is 6.20 Å². The van der Waals surface area contributed by atoms with E-state index in [4.69, 9.17) is 0 Å². The first-order valence-electron chi connectivity index (χ1n) is 6.82. The molecule has 0 spiro atoms. The predicted molar refractivity (Wildman–Crippen MR) is 71.7 cm³/mol. The number of aromatic amines is 1. The minimum atomic E-state index is -0.0569. The number of unbranched alkanes of at least 4 members (excludes halogenated alkanes) is 1. The molecule has 1 fully saturated rings. The van der Waals surface area contributed by atoms with E-state index in [1.807, 2.05) is 0 Å². The van der Waals surface area contributed by atoms with Crippen LogP contribution in [0, 0.1) is 0 Å². The molecule has 1 aromatic rings. The van der Waals surface area contributed by atoms with Crippen LogP contribution in [0.25, 0.3) is 0 Å². The Labute approximate surface area is 108 Å². The van der Waals surface area contributed by atoms with E-state index in [-0.39, 0.29) is 5.56 Å². The molecule has 0 bridgehead atoms. The Kier molecular flexibility index (Phi) is 5.36. The lowest BCUT2D eigenvalue weighted by molar-refractivity contribution is 0.286. The first-order chi connectivity index (χ1) is 8.84. The van der Waals surface area contributed by atoms with E-state index in [0.717, 1.165) is 44.8 Å². The molecule has 5 nitrogen and oxygen atoms in total. The van der Waals surface area contributed by atoms with Gasteiger partial charge in [0.15, 0.2) is 0 Å². The molecule has 0 unspecified atom stereocenters. The summed E-state index contributed by atoms with van der Waals surface area (Å²) in [7, 11) is 0. The summed E-state index contributed by atoms with van der Waals surface area (Å²) in [6, 6.07) is 1.45. The Bertz CT molecular complexity index is 396. The standard InChI is InChI=1S/C13H22N4O/c18-13-5-7-15-12(16-13)4-1-2-9-17-10-3-6-14-8-11-17/h5,7,14H,1-4,6,8-11H2,(H,15,16,18). The summed E-state index contributed by atoms with van der Waals surface area (Å²) in [4.78, 5) is 20.5. The van der Waals surface area contributed by atoms with Crippen molar-refractivity contribution in [3.05, 3.63) is 28.4 Å². The van der Waals surface area contributed by atoms with Gasteiger partial charge in [0.25, 0.3) is 5.56 Å². The Hall–Kier alpha value is -1.20. The zero-order valence-electron chi connectivity index (χ0n) is 10.8. The first kappa shape index (κ1) is 13.2. The third-order valence-electron chi connectivity index (χ3n) is 3.29. The fraction of sp³-hybridized carbons (Fsp3) is 0.692. The number of nitrogens with one attached hydrogen (secondary N) is 2. The molecule has 2 N–H and O–H groups in total. The van der Waals surface area contributed by atoms with Gasteiger partial charge in [-0.05, 0) is 38.9 Å². The van der Waals surface area contributed by atoms with Crippen LogP contribution >= 0.6 is 0 Å². The molecule has 0 aliphatic carbocycles. The van der Waals surface area contributed by atoms with Gasteiger partial charge >= 0.3 is 0 Å². The van der Waals surface area contributed by atoms with Gasteiger partial charge in [-0.25, -0.2) is 4.98 Å². The number of aryl methyl sites for hydroxylation is 1. The van der Waals surface area contributed by atoms with E-state index in [1.165, 1.54) is 25.5 Å². The van der Waals surface area contributed by atoms with E-state index >= 15 is 0 Å². The van der Waals surface area contributed by atoms with Crippen molar-refractivity contribution in [3.8, 4) is 0 Å². The molecule has 5 heteroatoms. The number of hydrogen-bond acceptors (Lipinski definition) is 4. The SMILES string of the molecule is O=c1ccnc(CCCCN2CCCNCC2)[nH]1. The van der Waals surface area contributed by atoms with Crippen molar-refractivity contribution in [2.75, 3.05) is 32.7 Å². The monoisotopic (exact) mass is 250 g/mol. The Morgan fingerprint density at radius 2 is 2.22 bits per heavy atom. The maximum atomic E-state index is 11.1. The second kappa shape index (κ2) is 7.28. The highest BCUT2D eigenvalue weighted by Crippen LogP contribution is 2.02. The molecule has 1 aliphatic heterocycles. The van der Waals surface area contributed by atoms with Crippen molar-refractivity contribution in [2.24, 2.45) is 0 Å². The van der Waals surface area contributed by atoms with Gasteiger partial charge in [-0.2, -0.15) is 0 Å². The summed E-state index contributed by atoms with van der Waals surface area (Å²) in [5.74, 6) is 0.806. The van der Waals surface area contributed by atoms with Crippen LogP contribution in [0.15, 0.2) is 17.1 Å². The summed E-state index contributed by atoms with van der Waals surface area (Å²) in [6.45, 7) is 5.76. The average molecular weight is 250 g/mol. The van der Waals surface area contributed by atoms with E-state index in [2.05, 4.69) is 20.2 Å². The van der Waals surface area contributed by atoms with Crippen molar-refractivity contribution in [2.45, 2.75) is 25.7 Å². The van der Waals surface area contributed by atoms with E-state index < -0.39 is 0 Å². The summed E-state index contributed by atoms with van der Waals surface area (Å²) in [6.07, 6.45) is 5.93. The second-order valence-corrected chi connectivity index (χ2v) is 4.78. The molecule has 1 aromatic heterocycles. The topological polar surface area (TPSA) is 61.0 Å². The van der Waals surface area contributed by atoms with Gasteiger partial charge in [-0.15, -0.1) is 0 Å². The third kappa shape index (κ3) is 4.58. The van der Waals surface area contributed by atoms with Crippen LogP contribution in [0.3, 0.4) is 0 Å². The third-order valence-corrected chi connectivity index (χ3v) is 3.29. The smallest absolute Gasteiger partial charge is 0.250 e. The first-order valence-corrected chi connectivity index (χ1v) is 6.82. The van der Waals surface area contributed by atoms with Crippen molar-refractivity contribution in [1.82, 2.24) is 20.2 Å². The molecule has 0 saturated carbocycles. The highest BCUT2D eigenvalue weighted by molar-refractivity contribution is 4.89. The lowest BCUT2D eigenvalue weighted by atomic mass is 10.2. The molecule has 0 amide bonds. The second-order valence-electron chi connectivity index (χ2n) is 4.78. The van der Waals surface area contributed by atoms with Crippen LogP contribution in [0.5, 0.6) is 0 Å².